The maximum Gasteiger partial charge on any atom is 0.337 e. The second-order valence-electron chi connectivity index (χ2n) is 7.73. The van der Waals surface area contributed by atoms with Crippen LogP contribution in [0.4, 0.5) is 0 Å². The summed E-state index contributed by atoms with van der Waals surface area (Å²) in [6.45, 7) is 9.77. The molecule has 2 aromatic rings. The summed E-state index contributed by atoms with van der Waals surface area (Å²) in [5.74, 6) is 0.404. The first-order valence-corrected chi connectivity index (χ1v) is 11.5. The van der Waals surface area contributed by atoms with E-state index in [9.17, 15) is 4.79 Å². The van der Waals surface area contributed by atoms with Crippen LogP contribution in [0.2, 0.25) is 0 Å². The molecule has 4 rings (SSSR count). The van der Waals surface area contributed by atoms with E-state index in [2.05, 4.69) is 55.1 Å². The van der Waals surface area contributed by atoms with Crippen LogP contribution in [0.15, 0.2) is 96.6 Å². The minimum Gasteiger partial charge on any atom is -0.465 e. The SMILES string of the molecule is C=CC1=C(/C=C\C)CC=C1.CC.COC(=O)c1ccc(CC2Cc3ccccc3C2)cc1. The van der Waals surface area contributed by atoms with Crippen molar-refractivity contribution in [3.8, 4) is 0 Å². The summed E-state index contributed by atoms with van der Waals surface area (Å²) in [6.07, 6.45) is 14.8. The fourth-order valence-electron chi connectivity index (χ4n) is 4.12. The molecule has 0 aliphatic heterocycles. The van der Waals surface area contributed by atoms with E-state index in [1.165, 1.54) is 34.9 Å². The van der Waals surface area contributed by atoms with Gasteiger partial charge in [-0.15, -0.1) is 0 Å². The molecule has 0 amide bonds. The van der Waals surface area contributed by atoms with E-state index >= 15 is 0 Å². The fourth-order valence-corrected chi connectivity index (χ4v) is 4.12. The molecule has 2 aliphatic carbocycles. The summed E-state index contributed by atoms with van der Waals surface area (Å²) in [5, 5.41) is 0. The summed E-state index contributed by atoms with van der Waals surface area (Å²) in [5.41, 5.74) is 7.52. The Hall–Kier alpha value is -3.13. The van der Waals surface area contributed by atoms with E-state index in [4.69, 9.17) is 4.74 Å². The quantitative estimate of drug-likeness (QED) is 0.462. The van der Waals surface area contributed by atoms with Crippen LogP contribution in [-0.4, -0.2) is 13.1 Å². The molecule has 0 saturated heterocycles. The van der Waals surface area contributed by atoms with Crippen molar-refractivity contribution in [1.82, 2.24) is 0 Å². The highest BCUT2D eigenvalue weighted by Gasteiger charge is 2.21. The van der Waals surface area contributed by atoms with E-state index in [1.54, 1.807) is 0 Å². The molecule has 0 radical (unpaired) electrons. The van der Waals surface area contributed by atoms with Gasteiger partial charge in [-0.1, -0.05) is 87.2 Å². The highest BCUT2D eigenvalue weighted by molar-refractivity contribution is 5.89. The molecule has 2 nitrogen and oxygen atoms in total. The first-order chi connectivity index (χ1) is 15.6. The first kappa shape index (κ1) is 25.1. The largest absolute Gasteiger partial charge is 0.465 e. The minimum absolute atomic E-state index is 0.273. The van der Waals surface area contributed by atoms with Gasteiger partial charge in [0.05, 0.1) is 12.7 Å². The number of ether oxygens (including phenoxy) is 1. The number of benzene rings is 2. The zero-order chi connectivity index (χ0) is 23.3. The Kier molecular flexibility index (Phi) is 10.5. The van der Waals surface area contributed by atoms with Crippen molar-refractivity contribution in [3.63, 3.8) is 0 Å². The number of hydrogen-bond acceptors (Lipinski definition) is 2. The van der Waals surface area contributed by atoms with E-state index in [-0.39, 0.29) is 5.97 Å². The Labute approximate surface area is 194 Å². The van der Waals surface area contributed by atoms with Gasteiger partial charge in [0.15, 0.2) is 0 Å². The number of carbonyl (C=O) groups is 1. The van der Waals surface area contributed by atoms with E-state index < -0.39 is 0 Å². The lowest BCUT2D eigenvalue weighted by Crippen LogP contribution is -2.05. The summed E-state index contributed by atoms with van der Waals surface area (Å²) >= 11 is 0. The summed E-state index contributed by atoms with van der Waals surface area (Å²) in [7, 11) is 1.41. The lowest BCUT2D eigenvalue weighted by Gasteiger charge is -2.09. The predicted molar refractivity (Wildman–Crippen MR) is 136 cm³/mol. The van der Waals surface area contributed by atoms with Gasteiger partial charge in [-0.05, 0) is 78.5 Å². The molecule has 0 unspecified atom stereocenters. The van der Waals surface area contributed by atoms with Gasteiger partial charge in [0.2, 0.25) is 0 Å². The van der Waals surface area contributed by atoms with Crippen LogP contribution in [0.5, 0.6) is 0 Å². The van der Waals surface area contributed by atoms with Crippen molar-refractivity contribution in [2.45, 2.75) is 46.5 Å². The van der Waals surface area contributed by atoms with Crippen molar-refractivity contribution in [2.75, 3.05) is 7.11 Å². The molecule has 2 aliphatic rings. The van der Waals surface area contributed by atoms with Gasteiger partial charge in [0.25, 0.3) is 0 Å². The van der Waals surface area contributed by atoms with Crippen molar-refractivity contribution in [2.24, 2.45) is 5.92 Å². The smallest absolute Gasteiger partial charge is 0.337 e. The number of fused-ring (bicyclic) bond motifs is 1. The number of rotatable bonds is 5. The lowest BCUT2D eigenvalue weighted by molar-refractivity contribution is 0.0600. The maximum absolute atomic E-state index is 11.4. The van der Waals surface area contributed by atoms with Gasteiger partial charge in [0, 0.05) is 0 Å². The third-order valence-corrected chi connectivity index (χ3v) is 5.63. The molecule has 32 heavy (non-hydrogen) atoms. The zero-order valence-corrected chi connectivity index (χ0v) is 19.9. The van der Waals surface area contributed by atoms with Gasteiger partial charge in [-0.2, -0.15) is 0 Å². The monoisotopic (exact) mass is 428 g/mol. The normalized spacial score (nSPS) is 14.4. The molecular weight excluding hydrogens is 392 g/mol. The van der Waals surface area contributed by atoms with Crippen molar-refractivity contribution >= 4 is 5.97 Å². The topological polar surface area (TPSA) is 26.3 Å². The standard InChI is InChI=1S/C18H18O2.C10H12.C2H6/c1-20-18(19)15-8-6-13(7-9-15)10-14-11-16-4-2-3-5-17(16)12-14;1-3-6-10-8-5-7-9(10)4-2;1-2/h2-9,14H,10-12H2,1H3;3-7H,2,8H2,1H3;1-2H3/b;6-3-;. The van der Waals surface area contributed by atoms with Crippen molar-refractivity contribution in [1.29, 1.82) is 0 Å². The Morgan fingerprint density at radius 1 is 1.06 bits per heavy atom. The predicted octanol–water partition coefficient (Wildman–Crippen LogP) is 7.46. The first-order valence-electron chi connectivity index (χ1n) is 11.5. The molecule has 0 spiro atoms. The molecule has 2 aromatic carbocycles. The second-order valence-corrected chi connectivity index (χ2v) is 7.73. The Balaban J connectivity index is 0.000000255. The second kappa shape index (κ2) is 13.3. The van der Waals surface area contributed by atoms with Crippen molar-refractivity contribution < 1.29 is 9.53 Å². The molecule has 0 bridgehead atoms. The summed E-state index contributed by atoms with van der Waals surface area (Å²) < 4.78 is 4.71. The molecule has 0 atom stereocenters. The molecule has 0 aromatic heterocycles. The average Bonchev–Trinajstić information content (AvgIpc) is 3.47. The Morgan fingerprint density at radius 2 is 1.69 bits per heavy atom. The average molecular weight is 429 g/mol. The third kappa shape index (κ3) is 6.95. The number of methoxy groups -OCH3 is 1. The van der Waals surface area contributed by atoms with Crippen LogP contribution in [0.1, 0.15) is 54.2 Å². The highest BCUT2D eigenvalue weighted by Crippen LogP contribution is 2.29. The third-order valence-electron chi connectivity index (χ3n) is 5.63. The van der Waals surface area contributed by atoms with Crippen LogP contribution < -0.4 is 0 Å². The molecule has 168 valence electrons. The van der Waals surface area contributed by atoms with Crippen LogP contribution in [0.25, 0.3) is 0 Å². The molecule has 2 heteroatoms. The molecular formula is C30H36O2. The summed E-state index contributed by atoms with van der Waals surface area (Å²) in [4.78, 5) is 11.4. The van der Waals surface area contributed by atoms with E-state index in [0.29, 0.717) is 11.5 Å². The Bertz CT molecular complexity index is 949. The summed E-state index contributed by atoms with van der Waals surface area (Å²) in [6, 6.07) is 16.5. The zero-order valence-electron chi connectivity index (χ0n) is 19.9. The van der Waals surface area contributed by atoms with E-state index in [1.807, 2.05) is 51.1 Å². The molecule has 0 saturated carbocycles. The van der Waals surface area contributed by atoms with Gasteiger partial charge >= 0.3 is 5.97 Å². The lowest BCUT2D eigenvalue weighted by atomic mass is 9.96. The van der Waals surface area contributed by atoms with E-state index in [0.717, 1.165) is 25.7 Å². The van der Waals surface area contributed by atoms with Gasteiger partial charge < -0.3 is 4.74 Å². The number of carbonyl (C=O) groups excluding carboxylic acids is 1. The van der Waals surface area contributed by atoms with Crippen LogP contribution in [-0.2, 0) is 24.0 Å². The number of allylic oxidation sites excluding steroid dienone is 7. The Morgan fingerprint density at radius 3 is 2.22 bits per heavy atom. The highest BCUT2D eigenvalue weighted by atomic mass is 16.5. The maximum atomic E-state index is 11.4. The van der Waals surface area contributed by atoms with Gasteiger partial charge in [-0.3, -0.25) is 0 Å². The van der Waals surface area contributed by atoms with Crippen molar-refractivity contribution in [3.05, 3.63) is 119 Å². The van der Waals surface area contributed by atoms with Crippen LogP contribution in [0.3, 0.4) is 0 Å². The number of esters is 1. The molecule has 0 N–H and O–H groups in total. The van der Waals surface area contributed by atoms with Crippen LogP contribution >= 0.6 is 0 Å². The molecule has 0 heterocycles. The minimum atomic E-state index is -0.273. The van der Waals surface area contributed by atoms with Crippen LogP contribution in [0, 0.1) is 5.92 Å². The van der Waals surface area contributed by atoms with Gasteiger partial charge in [-0.25, -0.2) is 4.79 Å². The molecule has 0 fully saturated rings. The number of hydrogen-bond donors (Lipinski definition) is 0. The van der Waals surface area contributed by atoms with Gasteiger partial charge in [0.1, 0.15) is 0 Å². The fraction of sp³-hybridized carbons (Fsp3) is 0.300.